The lowest BCUT2D eigenvalue weighted by atomic mass is 9.79. The zero-order valence-corrected chi connectivity index (χ0v) is 38.5. The van der Waals surface area contributed by atoms with Crippen LogP contribution in [0.1, 0.15) is 125 Å². The van der Waals surface area contributed by atoms with Crippen LogP contribution in [0.2, 0.25) is 0 Å². The predicted molar refractivity (Wildman–Crippen MR) is 228 cm³/mol. The molecule has 6 heterocycles. The number of methoxy groups -OCH3 is 2. The van der Waals surface area contributed by atoms with Gasteiger partial charge in [-0.1, -0.05) is 7.43 Å². The third-order valence-corrected chi connectivity index (χ3v) is 10.9. The molecule has 2 saturated heterocycles. The minimum Gasteiger partial charge on any atom is -1.00 e. The largest absolute Gasteiger partial charge is 1.00 e. The molecule has 4 N–H and O–H groups in total. The number of amides is 2. The van der Waals surface area contributed by atoms with Gasteiger partial charge in [-0.25, -0.2) is 19.6 Å². The van der Waals surface area contributed by atoms with Gasteiger partial charge in [-0.3, -0.25) is 0 Å². The van der Waals surface area contributed by atoms with Crippen molar-refractivity contribution in [2.75, 3.05) is 38.8 Å². The number of piperidine rings is 2. The second-order valence-electron chi connectivity index (χ2n) is 18.5. The summed E-state index contributed by atoms with van der Waals surface area (Å²) in [4.78, 5) is 38.1. The molecular formula is C43H68IN8O6-. The van der Waals surface area contributed by atoms with E-state index in [-0.39, 0.29) is 66.5 Å². The Labute approximate surface area is 362 Å². The van der Waals surface area contributed by atoms with Gasteiger partial charge in [0.2, 0.25) is 0 Å². The van der Waals surface area contributed by atoms with Gasteiger partial charge < -0.3 is 73.3 Å². The normalized spacial score (nSPS) is 19.0. The van der Waals surface area contributed by atoms with E-state index in [4.69, 9.17) is 30.4 Å². The lowest BCUT2D eigenvalue weighted by Gasteiger charge is -2.45. The number of anilines is 2. The maximum atomic E-state index is 12.7. The molecule has 2 atom stereocenters. The van der Waals surface area contributed by atoms with E-state index in [0.717, 1.165) is 47.8 Å². The van der Waals surface area contributed by atoms with Crippen molar-refractivity contribution in [3.63, 3.8) is 0 Å². The minimum atomic E-state index is -0.504. The van der Waals surface area contributed by atoms with Crippen LogP contribution in [0, 0.1) is 0 Å². The molecule has 0 saturated carbocycles. The van der Waals surface area contributed by atoms with Crippen molar-refractivity contribution in [1.29, 1.82) is 0 Å². The molecule has 4 aromatic heterocycles. The number of fused-ring (bicyclic) bond motifs is 2. The van der Waals surface area contributed by atoms with Crippen LogP contribution in [0.15, 0.2) is 24.8 Å². The zero-order valence-electron chi connectivity index (χ0n) is 36.4. The number of aryl methyl sites for hydroxylation is 2. The van der Waals surface area contributed by atoms with Gasteiger partial charge in [-0.2, -0.15) is 0 Å². The fraction of sp³-hybridized carbons (Fsp3) is 0.628. The van der Waals surface area contributed by atoms with Crippen LogP contribution in [-0.2, 0) is 23.6 Å². The molecule has 2 aliphatic rings. The molecule has 0 bridgehead atoms. The Balaban J connectivity index is 0.000000300. The Bertz CT molecular complexity index is 1950. The molecule has 0 spiro atoms. The number of nitrogen functional groups attached to an aromatic ring is 2. The lowest BCUT2D eigenvalue weighted by molar-refractivity contribution is -0.0104. The summed E-state index contributed by atoms with van der Waals surface area (Å²) in [5, 5.41) is 1.94. The second kappa shape index (κ2) is 17.6. The van der Waals surface area contributed by atoms with E-state index in [0.29, 0.717) is 36.0 Å². The van der Waals surface area contributed by atoms with Gasteiger partial charge in [-0.05, 0) is 118 Å². The summed E-state index contributed by atoms with van der Waals surface area (Å²) in [7, 11) is 7.23. The van der Waals surface area contributed by atoms with Crippen molar-refractivity contribution in [2.45, 2.75) is 136 Å². The van der Waals surface area contributed by atoms with Crippen LogP contribution in [0.3, 0.4) is 0 Å². The van der Waals surface area contributed by atoms with Gasteiger partial charge in [0.1, 0.15) is 22.5 Å². The Kier molecular flexibility index (Phi) is 14.6. The number of nitrogens with two attached hydrogens (primary N) is 2. The highest BCUT2D eigenvalue weighted by atomic mass is 127. The number of nitrogens with zero attached hydrogens (tertiary/aromatic N) is 6. The lowest BCUT2D eigenvalue weighted by Crippen LogP contribution is -3.00. The average Bonchev–Trinajstić information content (AvgIpc) is 3.58. The first-order valence-corrected chi connectivity index (χ1v) is 19.4. The molecular weight excluding hydrogens is 851 g/mol. The Morgan fingerprint density at radius 3 is 1.29 bits per heavy atom. The number of likely N-dealkylation sites (tertiary alicyclic amines) is 2. The van der Waals surface area contributed by atoms with Gasteiger partial charge >= 0.3 is 12.2 Å². The highest BCUT2D eigenvalue weighted by Crippen LogP contribution is 2.46. The predicted octanol–water partition coefficient (Wildman–Crippen LogP) is 5.75. The molecule has 0 aliphatic carbocycles. The first-order valence-electron chi connectivity index (χ1n) is 19.4. The van der Waals surface area contributed by atoms with E-state index >= 15 is 0 Å². The molecule has 2 fully saturated rings. The first kappa shape index (κ1) is 48.2. The van der Waals surface area contributed by atoms with Crippen molar-refractivity contribution < 1.29 is 52.5 Å². The Hall–Kier alpha value is -4.15. The highest BCUT2D eigenvalue weighted by Gasteiger charge is 2.42. The molecule has 2 aliphatic heterocycles. The Morgan fingerprint density at radius 2 is 1.02 bits per heavy atom. The topological polar surface area (TPSA) is 165 Å². The smallest absolute Gasteiger partial charge is 0.410 e. The van der Waals surface area contributed by atoms with Crippen molar-refractivity contribution in [3.05, 3.63) is 35.9 Å². The van der Waals surface area contributed by atoms with Gasteiger partial charge in [0, 0.05) is 50.7 Å². The molecule has 2 amide bonds. The van der Waals surface area contributed by atoms with E-state index in [1.807, 2.05) is 74.6 Å². The monoisotopic (exact) mass is 919 g/mol. The summed E-state index contributed by atoms with van der Waals surface area (Å²) in [6, 6.07) is 0. The third-order valence-electron chi connectivity index (χ3n) is 10.9. The van der Waals surface area contributed by atoms with Crippen LogP contribution >= 0.6 is 0 Å². The number of ether oxygens (including phenoxy) is 4. The molecule has 4 aromatic rings. The van der Waals surface area contributed by atoms with Gasteiger partial charge in [-0.15, -0.1) is 0 Å². The van der Waals surface area contributed by atoms with Crippen LogP contribution in [0.25, 0.3) is 22.1 Å². The fourth-order valence-corrected chi connectivity index (χ4v) is 8.43. The van der Waals surface area contributed by atoms with E-state index < -0.39 is 11.2 Å². The quantitative estimate of drug-likeness (QED) is 0.241. The molecule has 324 valence electrons. The molecule has 0 unspecified atom stereocenters. The van der Waals surface area contributed by atoms with Crippen LogP contribution in [-0.4, -0.2) is 90.7 Å². The third kappa shape index (κ3) is 9.99. The zero-order chi connectivity index (χ0) is 41.7. The van der Waals surface area contributed by atoms with Crippen molar-refractivity contribution >= 4 is 45.6 Å². The summed E-state index contributed by atoms with van der Waals surface area (Å²) >= 11 is 0. The van der Waals surface area contributed by atoms with Gasteiger partial charge in [0.25, 0.3) is 0 Å². The maximum Gasteiger partial charge on any atom is 0.410 e. The SMILES string of the molecule is C.COc1c(N)cnc2c1c([C@@H]1CCN(C(=O)OC(C)(C)C)C(C)(C)C1)cn2C.COc1c(N)cnc2c1c([C@H]1CCN(C(=O)OC(C)(C)C)C(C)(C)C1)cn2C.[I-]. The fourth-order valence-electron chi connectivity index (χ4n) is 8.43. The molecule has 15 heteroatoms. The number of hydrogen-bond donors (Lipinski definition) is 2. The number of rotatable bonds is 4. The summed E-state index contributed by atoms with van der Waals surface area (Å²) in [6.45, 7) is 21.0. The number of hydrogen-bond acceptors (Lipinski definition) is 10. The summed E-state index contributed by atoms with van der Waals surface area (Å²) in [5.41, 5.74) is 15.7. The summed E-state index contributed by atoms with van der Waals surface area (Å²) < 4.78 is 26.5. The van der Waals surface area contributed by atoms with Crippen molar-refractivity contribution in [2.24, 2.45) is 14.1 Å². The first-order chi connectivity index (χ1) is 25.9. The molecule has 6 rings (SSSR count). The molecule has 58 heavy (non-hydrogen) atoms. The number of halogens is 1. The number of pyridine rings is 2. The summed E-state index contributed by atoms with van der Waals surface area (Å²) in [5.74, 6) is 1.89. The van der Waals surface area contributed by atoms with Crippen LogP contribution in [0.5, 0.6) is 11.5 Å². The van der Waals surface area contributed by atoms with E-state index in [9.17, 15) is 9.59 Å². The van der Waals surface area contributed by atoms with Crippen LogP contribution in [0.4, 0.5) is 21.0 Å². The second-order valence-corrected chi connectivity index (χ2v) is 18.5. The standard InChI is InChI=1S/2C21H32N4O3.CH4.HI/c2*1-20(2,3)28-19(26)25-9-8-13(10-21(25,4)5)14-12-24(6)18-16(14)17(27-7)15(22)11-23-18;;/h2*11-13H,8-10,22H2,1-7H3;1H4;1H/p-1/t2*13-;;/m10../s1. The molecule has 14 nitrogen and oxygen atoms in total. The van der Waals surface area contributed by atoms with E-state index in [2.05, 4.69) is 50.1 Å². The van der Waals surface area contributed by atoms with Gasteiger partial charge in [0.15, 0.2) is 11.5 Å². The minimum absolute atomic E-state index is 0. The van der Waals surface area contributed by atoms with Gasteiger partial charge in [0.05, 0.1) is 48.8 Å². The van der Waals surface area contributed by atoms with E-state index in [1.165, 1.54) is 11.1 Å². The summed E-state index contributed by atoms with van der Waals surface area (Å²) in [6.07, 6.45) is 10.3. The van der Waals surface area contributed by atoms with Crippen LogP contribution < -0.4 is 44.9 Å². The number of aromatic nitrogens is 4. The number of carbonyl (C=O) groups is 2. The molecule has 0 aromatic carbocycles. The van der Waals surface area contributed by atoms with Crippen molar-refractivity contribution in [1.82, 2.24) is 28.9 Å². The van der Waals surface area contributed by atoms with Crippen molar-refractivity contribution in [3.8, 4) is 11.5 Å². The average molecular weight is 920 g/mol. The highest BCUT2D eigenvalue weighted by molar-refractivity contribution is 5.93. The Morgan fingerprint density at radius 1 is 0.690 bits per heavy atom. The maximum absolute atomic E-state index is 12.7. The number of carbonyl (C=O) groups excluding carboxylic acids is 2. The molecule has 0 radical (unpaired) electrons. The van der Waals surface area contributed by atoms with E-state index in [1.54, 1.807) is 26.6 Å².